The zero-order chi connectivity index (χ0) is 24.2. The summed E-state index contributed by atoms with van der Waals surface area (Å²) in [7, 11) is -3.33. The first-order valence-electron chi connectivity index (χ1n) is 9.58. The molecule has 0 saturated heterocycles. The zero-order valence-corrected chi connectivity index (χ0v) is 19.0. The fourth-order valence-electron chi connectivity index (χ4n) is 2.79. The van der Waals surface area contributed by atoms with Crippen molar-refractivity contribution >= 4 is 33.8 Å². The van der Waals surface area contributed by atoms with Gasteiger partial charge >= 0.3 is 12.0 Å². The summed E-state index contributed by atoms with van der Waals surface area (Å²) < 4.78 is 37.5. The molecule has 33 heavy (non-hydrogen) atoms. The SMILES string of the molecule is CCOC(=O)c1c(C)n[nH]c1S(=O)(=O)N(C(=O)Nc1nc(C)cc(OC)n1)c1ccccn1. The molecule has 0 radical (unpaired) electrons. The number of amides is 2. The van der Waals surface area contributed by atoms with Crippen molar-refractivity contribution < 1.29 is 27.5 Å². The Kier molecular flexibility index (Phi) is 6.86. The molecule has 0 atom stereocenters. The number of aromatic amines is 1. The van der Waals surface area contributed by atoms with Crippen LogP contribution in [0.5, 0.6) is 5.88 Å². The molecular weight excluding hydrogens is 454 g/mol. The number of carbonyl (C=O) groups excluding carboxylic acids is 2. The molecule has 0 saturated carbocycles. The van der Waals surface area contributed by atoms with E-state index in [2.05, 4.69) is 30.5 Å². The number of pyridine rings is 1. The van der Waals surface area contributed by atoms with E-state index < -0.39 is 27.0 Å². The van der Waals surface area contributed by atoms with E-state index in [1.807, 2.05) is 0 Å². The molecule has 14 heteroatoms. The van der Waals surface area contributed by atoms with Crippen molar-refractivity contribution in [1.82, 2.24) is 25.1 Å². The van der Waals surface area contributed by atoms with Crippen LogP contribution in [0.4, 0.5) is 16.6 Å². The molecule has 0 spiro atoms. The Morgan fingerprint density at radius 1 is 1.21 bits per heavy atom. The topological polar surface area (TPSA) is 169 Å². The highest BCUT2D eigenvalue weighted by molar-refractivity contribution is 7.93. The minimum Gasteiger partial charge on any atom is -0.481 e. The number of sulfonamides is 1. The molecule has 0 aliphatic carbocycles. The molecule has 2 amide bonds. The first-order valence-corrected chi connectivity index (χ1v) is 11.0. The molecule has 0 bridgehead atoms. The number of carbonyl (C=O) groups is 2. The predicted octanol–water partition coefficient (Wildman–Crippen LogP) is 1.82. The molecule has 174 valence electrons. The van der Waals surface area contributed by atoms with Crippen LogP contribution in [-0.4, -0.2) is 59.3 Å². The average molecular weight is 475 g/mol. The lowest BCUT2D eigenvalue weighted by Gasteiger charge is -2.21. The number of hydrogen-bond donors (Lipinski definition) is 2. The summed E-state index contributed by atoms with van der Waals surface area (Å²) in [6.45, 7) is 4.66. The van der Waals surface area contributed by atoms with Crippen LogP contribution in [0.2, 0.25) is 0 Å². The van der Waals surface area contributed by atoms with E-state index in [1.165, 1.54) is 38.4 Å². The Labute approximate surface area is 189 Å². The highest BCUT2D eigenvalue weighted by Gasteiger charge is 2.38. The second-order valence-electron chi connectivity index (χ2n) is 6.50. The van der Waals surface area contributed by atoms with Gasteiger partial charge < -0.3 is 9.47 Å². The van der Waals surface area contributed by atoms with Crippen LogP contribution in [0.15, 0.2) is 35.5 Å². The number of aryl methyl sites for hydroxylation is 2. The maximum Gasteiger partial charge on any atom is 0.344 e. The highest BCUT2D eigenvalue weighted by Crippen LogP contribution is 2.26. The molecule has 0 fully saturated rings. The number of nitrogens with zero attached hydrogens (tertiary/aromatic N) is 5. The van der Waals surface area contributed by atoms with Gasteiger partial charge in [0.05, 0.1) is 19.4 Å². The van der Waals surface area contributed by atoms with E-state index in [0.717, 1.165) is 0 Å². The van der Waals surface area contributed by atoms with Gasteiger partial charge in [-0.1, -0.05) is 6.07 Å². The van der Waals surface area contributed by atoms with Crippen molar-refractivity contribution in [2.75, 3.05) is 23.3 Å². The normalized spacial score (nSPS) is 11.0. The molecular formula is C19H21N7O6S. The van der Waals surface area contributed by atoms with Gasteiger partial charge in [-0.15, -0.1) is 0 Å². The fourth-order valence-corrected chi connectivity index (χ4v) is 4.24. The third-order valence-corrected chi connectivity index (χ3v) is 5.84. The van der Waals surface area contributed by atoms with Crippen LogP contribution >= 0.6 is 0 Å². The third-order valence-electron chi connectivity index (χ3n) is 4.19. The van der Waals surface area contributed by atoms with E-state index in [-0.39, 0.29) is 35.5 Å². The molecule has 3 heterocycles. The van der Waals surface area contributed by atoms with E-state index in [9.17, 15) is 18.0 Å². The zero-order valence-electron chi connectivity index (χ0n) is 18.2. The number of anilines is 2. The number of methoxy groups -OCH3 is 1. The number of ether oxygens (including phenoxy) is 2. The monoisotopic (exact) mass is 475 g/mol. The van der Waals surface area contributed by atoms with Crippen LogP contribution in [0.1, 0.15) is 28.7 Å². The van der Waals surface area contributed by atoms with E-state index >= 15 is 0 Å². The molecule has 3 aromatic heterocycles. The van der Waals surface area contributed by atoms with Gasteiger partial charge in [-0.25, -0.2) is 19.6 Å². The van der Waals surface area contributed by atoms with Crippen molar-refractivity contribution in [2.45, 2.75) is 25.8 Å². The number of hydrogen-bond acceptors (Lipinski definition) is 10. The van der Waals surface area contributed by atoms with Crippen molar-refractivity contribution in [1.29, 1.82) is 0 Å². The maximum atomic E-state index is 13.6. The standard InChI is InChI=1S/C19H21N7O6S/c1-5-32-17(27)15-12(3)24-25-16(15)33(29,30)26(13-8-6-7-9-20-13)19(28)23-18-21-11(2)10-14(22-18)31-4/h6-10H,5H2,1-4H3,(H,24,25)(H,21,22,23,28). The Hall–Kier alpha value is -4.07. The lowest BCUT2D eigenvalue weighted by atomic mass is 10.3. The van der Waals surface area contributed by atoms with Crippen LogP contribution in [0, 0.1) is 13.8 Å². The minimum absolute atomic E-state index is 0.0138. The van der Waals surface area contributed by atoms with Crippen LogP contribution < -0.4 is 14.4 Å². The summed E-state index contributed by atoms with van der Waals surface area (Å²) in [5, 5.41) is 7.83. The van der Waals surface area contributed by atoms with Gasteiger partial charge in [-0.3, -0.25) is 10.4 Å². The summed E-state index contributed by atoms with van der Waals surface area (Å²) >= 11 is 0. The number of H-pyrrole nitrogens is 1. The molecule has 2 N–H and O–H groups in total. The summed E-state index contributed by atoms with van der Waals surface area (Å²) in [6.07, 6.45) is 1.31. The maximum absolute atomic E-state index is 13.6. The molecule has 0 aliphatic heterocycles. The number of aromatic nitrogens is 5. The number of esters is 1. The molecule has 0 aliphatic rings. The number of rotatable bonds is 7. The molecule has 0 unspecified atom stereocenters. The summed E-state index contributed by atoms with van der Waals surface area (Å²) in [4.78, 5) is 37.6. The second kappa shape index (κ2) is 9.60. The first kappa shape index (κ1) is 23.6. The Morgan fingerprint density at radius 2 is 1.97 bits per heavy atom. The van der Waals surface area contributed by atoms with Gasteiger partial charge in [0.1, 0.15) is 5.56 Å². The number of nitrogens with one attached hydrogen (secondary N) is 2. The quantitative estimate of drug-likeness (QED) is 0.481. The van der Waals surface area contributed by atoms with Crippen molar-refractivity contribution in [2.24, 2.45) is 0 Å². The third kappa shape index (κ3) is 4.90. The second-order valence-corrected chi connectivity index (χ2v) is 8.22. The predicted molar refractivity (Wildman–Crippen MR) is 116 cm³/mol. The van der Waals surface area contributed by atoms with Gasteiger partial charge in [0.2, 0.25) is 11.8 Å². The highest BCUT2D eigenvalue weighted by atomic mass is 32.2. The van der Waals surface area contributed by atoms with Gasteiger partial charge in [0.15, 0.2) is 10.8 Å². The fraction of sp³-hybridized carbons (Fsp3) is 0.263. The summed E-state index contributed by atoms with van der Waals surface area (Å²) in [6, 6.07) is 4.73. The summed E-state index contributed by atoms with van der Waals surface area (Å²) in [5.41, 5.74) is 0.234. The minimum atomic E-state index is -4.72. The van der Waals surface area contributed by atoms with Gasteiger partial charge in [-0.05, 0) is 32.9 Å². The smallest absolute Gasteiger partial charge is 0.344 e. The molecule has 0 aromatic carbocycles. The van der Waals surface area contributed by atoms with Gasteiger partial charge in [-0.2, -0.15) is 22.8 Å². The molecule has 13 nitrogen and oxygen atoms in total. The largest absolute Gasteiger partial charge is 0.481 e. The molecule has 3 aromatic rings. The van der Waals surface area contributed by atoms with Crippen LogP contribution in [-0.2, 0) is 14.8 Å². The van der Waals surface area contributed by atoms with Crippen molar-refractivity contribution in [3.05, 3.63) is 47.4 Å². The average Bonchev–Trinajstić information content (AvgIpc) is 3.16. The Bertz CT molecular complexity index is 1280. The van der Waals surface area contributed by atoms with Crippen molar-refractivity contribution in [3.8, 4) is 5.88 Å². The first-order chi connectivity index (χ1) is 15.7. The van der Waals surface area contributed by atoms with Crippen molar-refractivity contribution in [3.63, 3.8) is 0 Å². The van der Waals surface area contributed by atoms with E-state index in [0.29, 0.717) is 10.00 Å². The number of urea groups is 1. The van der Waals surface area contributed by atoms with Crippen LogP contribution in [0.25, 0.3) is 0 Å². The van der Waals surface area contributed by atoms with Crippen LogP contribution in [0.3, 0.4) is 0 Å². The Balaban J connectivity index is 2.10. The summed E-state index contributed by atoms with van der Waals surface area (Å²) in [5.74, 6) is -1.18. The lowest BCUT2D eigenvalue weighted by molar-refractivity contribution is 0.0521. The molecule has 3 rings (SSSR count). The lowest BCUT2D eigenvalue weighted by Crippen LogP contribution is -2.41. The van der Waals surface area contributed by atoms with E-state index in [1.54, 1.807) is 19.9 Å². The Morgan fingerprint density at radius 3 is 2.61 bits per heavy atom. The van der Waals surface area contributed by atoms with Gasteiger partial charge in [0, 0.05) is 18.0 Å². The van der Waals surface area contributed by atoms with Gasteiger partial charge in [0.25, 0.3) is 10.0 Å². The van der Waals surface area contributed by atoms with E-state index in [4.69, 9.17) is 9.47 Å².